The smallest absolute Gasteiger partial charge is 0.328 e. The summed E-state index contributed by atoms with van der Waals surface area (Å²) in [5.41, 5.74) is 4.34. The molecular formula is C14H25N3O3. The Morgan fingerprint density at radius 2 is 2.05 bits per heavy atom. The fourth-order valence-corrected chi connectivity index (χ4v) is 1.52. The molecule has 1 atom stereocenters. The predicted molar refractivity (Wildman–Crippen MR) is 76.5 cm³/mol. The second kappa shape index (κ2) is 6.26. The van der Waals surface area contributed by atoms with E-state index in [-0.39, 0.29) is 6.54 Å². The van der Waals surface area contributed by atoms with Gasteiger partial charge in [-0.25, -0.2) is 4.79 Å². The van der Waals surface area contributed by atoms with E-state index in [1.807, 2.05) is 27.7 Å². The van der Waals surface area contributed by atoms with Crippen molar-refractivity contribution in [1.82, 2.24) is 9.78 Å². The van der Waals surface area contributed by atoms with E-state index in [0.717, 1.165) is 6.42 Å². The standard InChI is InChI=1S/C14H25N3O3/c1-6-7-19-11-8-16-17(9-11)10-14(5,15)12(18)20-13(2,3)4/h8-9H,6-7,10,15H2,1-5H3. The summed E-state index contributed by atoms with van der Waals surface area (Å²) in [6.07, 6.45) is 4.27. The summed E-state index contributed by atoms with van der Waals surface area (Å²) in [7, 11) is 0. The highest BCUT2D eigenvalue weighted by Crippen LogP contribution is 2.16. The summed E-state index contributed by atoms with van der Waals surface area (Å²) in [4.78, 5) is 12.0. The summed E-state index contributed by atoms with van der Waals surface area (Å²) in [5.74, 6) is 0.225. The van der Waals surface area contributed by atoms with Crippen LogP contribution in [0.25, 0.3) is 0 Å². The molecule has 6 heteroatoms. The molecule has 2 N–H and O–H groups in total. The van der Waals surface area contributed by atoms with Gasteiger partial charge < -0.3 is 15.2 Å². The Kier molecular flexibility index (Phi) is 5.16. The zero-order chi connectivity index (χ0) is 15.4. The first-order valence-electron chi connectivity index (χ1n) is 6.81. The van der Waals surface area contributed by atoms with Crippen molar-refractivity contribution >= 4 is 5.97 Å². The molecule has 0 aliphatic carbocycles. The molecule has 114 valence electrons. The molecule has 6 nitrogen and oxygen atoms in total. The second-order valence-electron chi connectivity index (χ2n) is 6.14. The first-order valence-corrected chi connectivity index (χ1v) is 6.81. The molecule has 0 saturated heterocycles. The third kappa shape index (κ3) is 5.21. The molecule has 0 aliphatic heterocycles. The van der Waals surface area contributed by atoms with E-state index in [0.29, 0.717) is 12.4 Å². The van der Waals surface area contributed by atoms with Gasteiger partial charge in [0.2, 0.25) is 0 Å². The molecular weight excluding hydrogens is 258 g/mol. The van der Waals surface area contributed by atoms with Crippen molar-refractivity contribution in [3.8, 4) is 5.75 Å². The molecule has 0 fully saturated rings. The van der Waals surface area contributed by atoms with Gasteiger partial charge in [-0.15, -0.1) is 0 Å². The lowest BCUT2D eigenvalue weighted by Gasteiger charge is -2.28. The third-order valence-electron chi connectivity index (χ3n) is 2.44. The largest absolute Gasteiger partial charge is 0.490 e. The number of aromatic nitrogens is 2. The zero-order valence-corrected chi connectivity index (χ0v) is 13.0. The van der Waals surface area contributed by atoms with Crippen LogP contribution >= 0.6 is 0 Å². The van der Waals surface area contributed by atoms with Crippen LogP contribution in [0.5, 0.6) is 5.75 Å². The van der Waals surface area contributed by atoms with Crippen LogP contribution in [0.2, 0.25) is 0 Å². The van der Waals surface area contributed by atoms with Gasteiger partial charge in [-0.3, -0.25) is 4.68 Å². The summed E-state index contributed by atoms with van der Waals surface area (Å²) < 4.78 is 12.4. The summed E-state index contributed by atoms with van der Waals surface area (Å²) >= 11 is 0. The molecule has 0 radical (unpaired) electrons. The summed E-state index contributed by atoms with van der Waals surface area (Å²) in [6, 6.07) is 0. The molecule has 1 aromatic heterocycles. The van der Waals surface area contributed by atoms with E-state index < -0.39 is 17.1 Å². The average molecular weight is 283 g/mol. The van der Waals surface area contributed by atoms with Crippen molar-refractivity contribution in [2.24, 2.45) is 5.73 Å². The van der Waals surface area contributed by atoms with Crippen LogP contribution in [0.15, 0.2) is 12.4 Å². The van der Waals surface area contributed by atoms with Crippen LogP contribution in [-0.4, -0.2) is 33.5 Å². The van der Waals surface area contributed by atoms with Gasteiger partial charge in [0.25, 0.3) is 0 Å². The molecule has 0 bridgehead atoms. The fraction of sp³-hybridized carbons (Fsp3) is 0.714. The molecule has 1 heterocycles. The number of carbonyl (C=O) groups is 1. The minimum atomic E-state index is -1.14. The Bertz CT molecular complexity index is 447. The van der Waals surface area contributed by atoms with Gasteiger partial charge in [-0.2, -0.15) is 5.10 Å². The fourth-order valence-electron chi connectivity index (χ4n) is 1.52. The second-order valence-corrected chi connectivity index (χ2v) is 6.14. The number of nitrogens with zero attached hydrogens (tertiary/aromatic N) is 2. The summed E-state index contributed by atoms with van der Waals surface area (Å²) in [6.45, 7) is 9.97. The van der Waals surface area contributed by atoms with Gasteiger partial charge in [-0.1, -0.05) is 6.92 Å². The molecule has 20 heavy (non-hydrogen) atoms. The van der Waals surface area contributed by atoms with Gasteiger partial charge >= 0.3 is 5.97 Å². The Labute approximate surface area is 120 Å². The number of hydrogen-bond donors (Lipinski definition) is 1. The van der Waals surface area contributed by atoms with Crippen LogP contribution in [-0.2, 0) is 16.1 Å². The van der Waals surface area contributed by atoms with Crippen molar-refractivity contribution in [2.75, 3.05) is 6.61 Å². The van der Waals surface area contributed by atoms with Crippen molar-refractivity contribution in [3.63, 3.8) is 0 Å². The van der Waals surface area contributed by atoms with Crippen LogP contribution < -0.4 is 10.5 Å². The van der Waals surface area contributed by atoms with E-state index in [4.69, 9.17) is 15.2 Å². The number of esters is 1. The molecule has 0 aromatic carbocycles. The van der Waals surface area contributed by atoms with E-state index >= 15 is 0 Å². The van der Waals surface area contributed by atoms with Crippen molar-refractivity contribution < 1.29 is 14.3 Å². The van der Waals surface area contributed by atoms with E-state index in [1.165, 1.54) is 0 Å². The molecule has 0 spiro atoms. The lowest BCUT2D eigenvalue weighted by atomic mass is 10.0. The Balaban J connectivity index is 2.65. The lowest BCUT2D eigenvalue weighted by Crippen LogP contribution is -2.51. The molecule has 1 rings (SSSR count). The van der Waals surface area contributed by atoms with Crippen LogP contribution in [0, 0.1) is 0 Å². The van der Waals surface area contributed by atoms with Crippen molar-refractivity contribution in [2.45, 2.75) is 58.7 Å². The minimum Gasteiger partial charge on any atom is -0.490 e. The van der Waals surface area contributed by atoms with Gasteiger partial charge in [0.1, 0.15) is 11.1 Å². The highest BCUT2D eigenvalue weighted by molar-refractivity contribution is 5.80. The van der Waals surface area contributed by atoms with E-state index in [2.05, 4.69) is 5.10 Å². The third-order valence-corrected chi connectivity index (χ3v) is 2.44. The number of nitrogens with two attached hydrogens (primary N) is 1. The molecule has 1 aromatic rings. The van der Waals surface area contributed by atoms with Crippen LogP contribution in [0.3, 0.4) is 0 Å². The molecule has 0 aliphatic rings. The van der Waals surface area contributed by atoms with Crippen LogP contribution in [0.4, 0.5) is 0 Å². The van der Waals surface area contributed by atoms with Crippen LogP contribution in [0.1, 0.15) is 41.0 Å². The highest BCUT2D eigenvalue weighted by atomic mass is 16.6. The van der Waals surface area contributed by atoms with Gasteiger partial charge in [0.15, 0.2) is 5.75 Å². The zero-order valence-electron chi connectivity index (χ0n) is 13.0. The Morgan fingerprint density at radius 3 is 2.60 bits per heavy atom. The minimum absolute atomic E-state index is 0.234. The van der Waals surface area contributed by atoms with E-state index in [1.54, 1.807) is 24.0 Å². The Morgan fingerprint density at radius 1 is 1.40 bits per heavy atom. The van der Waals surface area contributed by atoms with Crippen molar-refractivity contribution in [3.05, 3.63) is 12.4 Å². The number of hydrogen-bond acceptors (Lipinski definition) is 5. The average Bonchev–Trinajstić information content (AvgIpc) is 2.71. The first-order chi connectivity index (χ1) is 9.14. The first kappa shape index (κ1) is 16.5. The van der Waals surface area contributed by atoms with E-state index in [9.17, 15) is 4.79 Å². The van der Waals surface area contributed by atoms with Gasteiger partial charge in [0, 0.05) is 0 Å². The quantitative estimate of drug-likeness (QED) is 0.804. The lowest BCUT2D eigenvalue weighted by molar-refractivity contribution is -0.161. The number of carbonyl (C=O) groups excluding carboxylic acids is 1. The monoisotopic (exact) mass is 283 g/mol. The predicted octanol–water partition coefficient (Wildman–Crippen LogP) is 1.73. The molecule has 0 saturated carbocycles. The molecule has 1 unspecified atom stereocenters. The van der Waals surface area contributed by atoms with Gasteiger partial charge in [0.05, 0.1) is 25.5 Å². The summed E-state index contributed by atoms with van der Waals surface area (Å²) in [5, 5.41) is 4.14. The maximum Gasteiger partial charge on any atom is 0.328 e. The SMILES string of the molecule is CCCOc1cnn(CC(C)(N)C(=O)OC(C)(C)C)c1. The normalized spacial score (nSPS) is 14.7. The van der Waals surface area contributed by atoms with Gasteiger partial charge in [-0.05, 0) is 34.1 Å². The highest BCUT2D eigenvalue weighted by Gasteiger charge is 2.34. The maximum absolute atomic E-state index is 12.0. The maximum atomic E-state index is 12.0. The topological polar surface area (TPSA) is 79.4 Å². The van der Waals surface area contributed by atoms with Crippen molar-refractivity contribution in [1.29, 1.82) is 0 Å². The molecule has 0 amide bonds. The number of ether oxygens (including phenoxy) is 2. The Hall–Kier alpha value is -1.56. The number of rotatable bonds is 6.